The first kappa shape index (κ1) is 34.1. The monoisotopic (exact) mass is 649 g/mol. The molecule has 2 amide bonds. The van der Waals surface area contributed by atoms with Crippen LogP contribution in [0.3, 0.4) is 0 Å². The van der Waals surface area contributed by atoms with Gasteiger partial charge in [0.1, 0.15) is 24.0 Å². The highest BCUT2D eigenvalue weighted by atomic mass is 16.5. The molecule has 0 saturated carbocycles. The van der Waals surface area contributed by atoms with Gasteiger partial charge in [0, 0.05) is 78.5 Å². The van der Waals surface area contributed by atoms with Gasteiger partial charge in [0.2, 0.25) is 5.91 Å². The van der Waals surface area contributed by atoms with Gasteiger partial charge in [0.15, 0.2) is 12.2 Å². The molecule has 1 saturated heterocycles. The zero-order valence-corrected chi connectivity index (χ0v) is 27.8. The number of benzene rings is 1. The van der Waals surface area contributed by atoms with Gasteiger partial charge in [-0.1, -0.05) is 6.07 Å². The minimum atomic E-state index is -0.733. The van der Waals surface area contributed by atoms with Crippen LogP contribution in [0, 0.1) is 6.92 Å². The lowest BCUT2D eigenvalue weighted by Crippen LogP contribution is -2.42. The quantitative estimate of drug-likeness (QED) is 0.237. The number of fused-ring (bicyclic) bond motifs is 1. The number of nitrogens with one attached hydrogen (secondary N) is 2. The van der Waals surface area contributed by atoms with Crippen molar-refractivity contribution in [3.63, 3.8) is 0 Å². The first-order chi connectivity index (χ1) is 22.7. The molecule has 0 spiro atoms. The number of hydrogen-bond donors (Lipinski definition) is 3. The molecule has 3 aromatic rings. The van der Waals surface area contributed by atoms with E-state index in [4.69, 9.17) is 18.9 Å². The Balaban J connectivity index is 1.14. The molecule has 13 heteroatoms. The van der Waals surface area contributed by atoms with Crippen molar-refractivity contribution >= 4 is 23.5 Å². The zero-order chi connectivity index (χ0) is 33.3. The van der Waals surface area contributed by atoms with E-state index in [-0.39, 0.29) is 24.4 Å². The van der Waals surface area contributed by atoms with Gasteiger partial charge in [0.05, 0.1) is 18.4 Å². The number of likely N-dealkylation sites (N-methyl/N-ethyl adjacent to an activating group) is 1. The first-order valence-corrected chi connectivity index (χ1v) is 16.2. The van der Waals surface area contributed by atoms with Crippen molar-refractivity contribution in [2.45, 2.75) is 58.4 Å². The number of ether oxygens (including phenoxy) is 2. The largest absolute Gasteiger partial charge is 0.486 e. The second kappa shape index (κ2) is 16.1. The normalized spacial score (nSPS) is 16.0. The lowest BCUT2D eigenvalue weighted by molar-refractivity contribution is -0.129. The third kappa shape index (κ3) is 9.43. The third-order valence-electron chi connectivity index (χ3n) is 8.84. The van der Waals surface area contributed by atoms with Crippen LogP contribution in [0.4, 0.5) is 11.6 Å². The lowest BCUT2D eigenvalue weighted by Gasteiger charge is -2.32. The predicted octanol–water partition coefficient (Wildman–Crippen LogP) is 2.61. The Morgan fingerprint density at radius 3 is 2.70 bits per heavy atom. The van der Waals surface area contributed by atoms with Crippen molar-refractivity contribution in [2.24, 2.45) is 0 Å². The highest BCUT2D eigenvalue weighted by Crippen LogP contribution is 2.25. The highest BCUT2D eigenvalue weighted by Gasteiger charge is 2.23. The number of rotatable bonds is 14. The molecule has 2 aromatic heterocycles. The summed E-state index contributed by atoms with van der Waals surface area (Å²) in [5.41, 5.74) is 3.71. The summed E-state index contributed by atoms with van der Waals surface area (Å²) in [4.78, 5) is 39.9. The molecule has 0 radical (unpaired) electrons. The van der Waals surface area contributed by atoms with Gasteiger partial charge in [-0.25, -0.2) is 9.97 Å². The van der Waals surface area contributed by atoms with E-state index >= 15 is 0 Å². The van der Waals surface area contributed by atoms with E-state index in [0.717, 1.165) is 37.3 Å². The zero-order valence-electron chi connectivity index (χ0n) is 27.8. The highest BCUT2D eigenvalue weighted by molar-refractivity contribution is 5.95. The molecule has 1 unspecified atom stereocenters. The van der Waals surface area contributed by atoms with Crippen LogP contribution < -0.4 is 20.3 Å². The molecule has 13 nitrogen and oxygen atoms in total. The van der Waals surface area contributed by atoms with Crippen LogP contribution >= 0.6 is 0 Å². The number of nitrogens with zero attached hydrogens (tertiary/aromatic N) is 5. The molecule has 1 fully saturated rings. The van der Waals surface area contributed by atoms with Crippen molar-refractivity contribution < 1.29 is 28.6 Å². The first-order valence-electron chi connectivity index (χ1n) is 16.2. The van der Waals surface area contributed by atoms with Crippen molar-refractivity contribution in [3.05, 3.63) is 64.9 Å². The van der Waals surface area contributed by atoms with Crippen LogP contribution in [0.5, 0.6) is 5.75 Å². The minimum absolute atomic E-state index is 0.0875. The van der Waals surface area contributed by atoms with Crippen molar-refractivity contribution in [1.29, 1.82) is 0 Å². The average molecular weight is 650 g/mol. The number of methoxy groups -OCH3 is 1. The Labute approximate surface area is 276 Å². The second-order valence-corrected chi connectivity index (χ2v) is 12.4. The number of oxazole rings is 1. The maximum Gasteiger partial charge on any atom is 0.251 e. The molecule has 5 rings (SSSR count). The van der Waals surface area contributed by atoms with E-state index in [1.165, 1.54) is 17.5 Å². The molecule has 254 valence electrons. The van der Waals surface area contributed by atoms with E-state index in [9.17, 15) is 14.7 Å². The lowest BCUT2D eigenvalue weighted by atomic mass is 9.99. The van der Waals surface area contributed by atoms with Gasteiger partial charge in [0.25, 0.3) is 5.91 Å². The van der Waals surface area contributed by atoms with Crippen LogP contribution in [0.15, 0.2) is 41.1 Å². The summed E-state index contributed by atoms with van der Waals surface area (Å²) in [5.74, 6) is 2.56. The van der Waals surface area contributed by atoms with Gasteiger partial charge in [-0.3, -0.25) is 14.5 Å². The summed E-state index contributed by atoms with van der Waals surface area (Å²) in [5, 5.41) is 17.3. The number of aromatic nitrogens is 2. The third-order valence-corrected chi connectivity index (χ3v) is 8.84. The maximum absolute atomic E-state index is 13.3. The summed E-state index contributed by atoms with van der Waals surface area (Å²) in [6, 6.07) is 9.75. The number of amides is 2. The SMILES string of the molecule is COCCN(C)c1cc(C(=O)NCC(O)CN2CCc3cc(OCc4ocnc4C)ccc3C2)cc(NC2CCN(C(C)=O)CC2)n1. The Morgan fingerprint density at radius 1 is 1.17 bits per heavy atom. The fraction of sp³-hybridized carbons (Fsp3) is 0.529. The number of likely N-dealkylation sites (tertiary alicyclic amines) is 1. The molecule has 2 aliphatic heterocycles. The molecule has 2 aliphatic rings. The van der Waals surface area contributed by atoms with Crippen LogP contribution in [0.25, 0.3) is 0 Å². The second-order valence-electron chi connectivity index (χ2n) is 12.4. The number of pyridine rings is 1. The number of carbonyl (C=O) groups excluding carboxylic acids is 2. The smallest absolute Gasteiger partial charge is 0.251 e. The Bertz CT molecular complexity index is 1510. The van der Waals surface area contributed by atoms with Gasteiger partial charge >= 0.3 is 0 Å². The number of hydrogen-bond acceptors (Lipinski definition) is 11. The molecule has 3 N–H and O–H groups in total. The number of anilines is 2. The van der Waals surface area contributed by atoms with E-state index < -0.39 is 6.10 Å². The fourth-order valence-corrected chi connectivity index (χ4v) is 5.93. The summed E-state index contributed by atoms with van der Waals surface area (Å²) in [6.07, 6.45) is 3.14. The Morgan fingerprint density at radius 2 is 1.98 bits per heavy atom. The minimum Gasteiger partial charge on any atom is -0.486 e. The topological polar surface area (TPSA) is 146 Å². The molecular formula is C34H47N7O6. The van der Waals surface area contributed by atoms with E-state index in [1.807, 2.05) is 29.8 Å². The molecule has 0 bridgehead atoms. The number of carbonyl (C=O) groups is 2. The molecule has 47 heavy (non-hydrogen) atoms. The summed E-state index contributed by atoms with van der Waals surface area (Å²) in [7, 11) is 3.56. The Kier molecular flexibility index (Phi) is 11.7. The number of aliphatic hydroxyl groups is 1. The van der Waals surface area contributed by atoms with E-state index in [1.54, 1.807) is 26.2 Å². The summed E-state index contributed by atoms with van der Waals surface area (Å²) >= 11 is 0. The van der Waals surface area contributed by atoms with Gasteiger partial charge in [-0.15, -0.1) is 0 Å². The molecular weight excluding hydrogens is 602 g/mol. The van der Waals surface area contributed by atoms with Crippen molar-refractivity contribution in [2.75, 3.05) is 70.2 Å². The van der Waals surface area contributed by atoms with Crippen molar-refractivity contribution in [1.82, 2.24) is 25.1 Å². The van der Waals surface area contributed by atoms with Gasteiger partial charge < -0.3 is 39.4 Å². The van der Waals surface area contributed by atoms with Crippen molar-refractivity contribution in [3.8, 4) is 5.75 Å². The summed E-state index contributed by atoms with van der Waals surface area (Å²) < 4.78 is 16.5. The maximum atomic E-state index is 13.3. The number of aryl methyl sites for hydroxylation is 1. The predicted molar refractivity (Wildman–Crippen MR) is 178 cm³/mol. The average Bonchev–Trinajstić information content (AvgIpc) is 3.49. The number of β-amino-alcohol motifs (C(OH)–C–C–N with tert-alkyl or cyclic N) is 1. The molecule has 1 atom stereocenters. The van der Waals surface area contributed by atoms with Gasteiger partial charge in [-0.05, 0) is 61.6 Å². The molecule has 4 heterocycles. The summed E-state index contributed by atoms with van der Waals surface area (Å²) in [6.45, 7) is 8.40. The number of piperidine rings is 1. The Hall–Kier alpha value is -4.20. The van der Waals surface area contributed by atoms with Crippen LogP contribution in [0.2, 0.25) is 0 Å². The molecule has 1 aromatic carbocycles. The number of aliphatic hydroxyl groups excluding tert-OH is 1. The van der Waals surface area contributed by atoms with Gasteiger partial charge in [-0.2, -0.15) is 0 Å². The van der Waals surface area contributed by atoms with Crippen LogP contribution in [-0.2, 0) is 29.1 Å². The molecule has 0 aliphatic carbocycles. The van der Waals surface area contributed by atoms with E-state index in [2.05, 4.69) is 32.7 Å². The van der Waals surface area contributed by atoms with E-state index in [0.29, 0.717) is 68.9 Å². The fourth-order valence-electron chi connectivity index (χ4n) is 5.93. The van der Waals surface area contributed by atoms with Crippen LogP contribution in [-0.4, -0.2) is 109 Å². The van der Waals surface area contributed by atoms with Crippen LogP contribution in [0.1, 0.15) is 52.7 Å². The standard InChI is InChI=1S/C34H47N7O6/c1-23-31(47-22-36-23)21-46-30-6-5-26-19-40(10-7-25(26)15-30)20-29(43)18-35-34(44)27-16-32(38-33(17-27)39(3)13-14-45-4)37-28-8-11-41(12-9-28)24(2)42/h5-6,15-17,22,28-29,43H,7-14,18-21H2,1-4H3,(H,35,44)(H,37,38).